The van der Waals surface area contributed by atoms with Crippen LogP contribution in [-0.2, 0) is 4.79 Å². The van der Waals surface area contributed by atoms with E-state index in [0.717, 1.165) is 19.4 Å². The Morgan fingerprint density at radius 2 is 2.14 bits per heavy atom. The Morgan fingerprint density at radius 1 is 1.50 bits per heavy atom. The normalized spacial score (nSPS) is 16.8. The van der Waals surface area contributed by atoms with E-state index in [0.29, 0.717) is 12.5 Å². The minimum atomic E-state index is 0.133. The average Bonchev–Trinajstić information content (AvgIpc) is 2.85. The molecule has 82 valence electrons. The summed E-state index contributed by atoms with van der Waals surface area (Å²) in [5, 5.41) is 2.98. The van der Waals surface area contributed by atoms with Crippen LogP contribution in [0.25, 0.3) is 0 Å². The summed E-state index contributed by atoms with van der Waals surface area (Å²) in [4.78, 5) is 11.4. The molecule has 0 saturated heterocycles. The van der Waals surface area contributed by atoms with Gasteiger partial charge in [0.05, 0.1) is 0 Å². The number of nitrogens with two attached hydrogens (primary N) is 1. The van der Waals surface area contributed by atoms with Crippen LogP contribution in [0.15, 0.2) is 0 Å². The lowest BCUT2D eigenvalue weighted by Crippen LogP contribution is -2.35. The van der Waals surface area contributed by atoms with Gasteiger partial charge < -0.3 is 11.1 Å². The molecule has 3 heteroatoms. The van der Waals surface area contributed by atoms with Crippen molar-refractivity contribution in [1.82, 2.24) is 5.32 Å². The van der Waals surface area contributed by atoms with Crippen LogP contribution in [-0.4, -0.2) is 19.0 Å². The number of hydrogen-bond donors (Lipinski definition) is 2. The summed E-state index contributed by atoms with van der Waals surface area (Å²) >= 11 is 0. The van der Waals surface area contributed by atoms with Crippen LogP contribution in [0.3, 0.4) is 0 Å². The smallest absolute Gasteiger partial charge is 0.220 e. The Morgan fingerprint density at radius 3 is 2.64 bits per heavy atom. The van der Waals surface area contributed by atoms with E-state index in [-0.39, 0.29) is 11.3 Å². The molecule has 0 bridgehead atoms. The first-order valence-corrected chi connectivity index (χ1v) is 5.50. The van der Waals surface area contributed by atoms with E-state index in [1.54, 1.807) is 0 Å². The van der Waals surface area contributed by atoms with Crippen LogP contribution in [0.5, 0.6) is 0 Å². The number of hydrogen-bond acceptors (Lipinski definition) is 2. The molecule has 1 fully saturated rings. The van der Waals surface area contributed by atoms with Gasteiger partial charge in [0.15, 0.2) is 0 Å². The molecule has 0 aromatic heterocycles. The van der Waals surface area contributed by atoms with Crippen LogP contribution in [0.2, 0.25) is 0 Å². The van der Waals surface area contributed by atoms with Crippen LogP contribution >= 0.6 is 0 Å². The zero-order valence-electron chi connectivity index (χ0n) is 9.31. The van der Waals surface area contributed by atoms with Crippen molar-refractivity contribution in [3.8, 4) is 0 Å². The summed E-state index contributed by atoms with van der Waals surface area (Å²) in [5.41, 5.74) is 5.63. The number of amides is 1. The molecule has 1 amide bonds. The third kappa shape index (κ3) is 4.61. The number of rotatable bonds is 6. The minimum absolute atomic E-state index is 0.133. The van der Waals surface area contributed by atoms with E-state index in [2.05, 4.69) is 19.2 Å². The third-order valence-corrected chi connectivity index (χ3v) is 2.76. The second-order valence-corrected chi connectivity index (χ2v) is 5.13. The summed E-state index contributed by atoms with van der Waals surface area (Å²) in [6.45, 7) is 5.70. The molecule has 1 saturated carbocycles. The molecule has 0 spiro atoms. The van der Waals surface area contributed by atoms with Gasteiger partial charge >= 0.3 is 0 Å². The summed E-state index contributed by atoms with van der Waals surface area (Å²) in [6, 6.07) is 0. The van der Waals surface area contributed by atoms with Crippen molar-refractivity contribution in [2.24, 2.45) is 17.1 Å². The first-order valence-electron chi connectivity index (χ1n) is 5.50. The molecule has 0 radical (unpaired) electrons. The molecule has 1 aliphatic rings. The predicted molar refractivity (Wildman–Crippen MR) is 57.8 cm³/mol. The highest BCUT2D eigenvalue weighted by Gasteiger charge is 2.25. The lowest BCUT2D eigenvalue weighted by Gasteiger charge is -2.24. The third-order valence-electron chi connectivity index (χ3n) is 2.76. The highest BCUT2D eigenvalue weighted by Crippen LogP contribution is 2.32. The Hall–Kier alpha value is -0.570. The van der Waals surface area contributed by atoms with Crippen molar-refractivity contribution in [3.05, 3.63) is 0 Å². The molecular weight excluding hydrogens is 176 g/mol. The minimum Gasteiger partial charge on any atom is -0.356 e. The Labute approximate surface area is 86.4 Å². The monoisotopic (exact) mass is 198 g/mol. The predicted octanol–water partition coefficient (Wildman–Crippen LogP) is 1.28. The molecular formula is C11H22N2O. The molecule has 0 aromatic carbocycles. The molecule has 0 unspecified atom stereocenters. The average molecular weight is 198 g/mol. The fourth-order valence-corrected chi connectivity index (χ4v) is 1.47. The molecule has 3 nitrogen and oxygen atoms in total. The van der Waals surface area contributed by atoms with Crippen LogP contribution in [0.1, 0.15) is 39.5 Å². The summed E-state index contributed by atoms with van der Waals surface area (Å²) in [7, 11) is 0. The highest BCUT2D eigenvalue weighted by atomic mass is 16.1. The van der Waals surface area contributed by atoms with Crippen LogP contribution < -0.4 is 11.1 Å². The standard InChI is InChI=1S/C11H22N2O/c1-11(2,5-6-12)8-13-10(14)7-9-3-4-9/h9H,3-8,12H2,1-2H3,(H,13,14). The number of carbonyl (C=O) groups is 1. The Bertz CT molecular complexity index is 197. The summed E-state index contributed by atoms with van der Waals surface area (Å²) < 4.78 is 0. The highest BCUT2D eigenvalue weighted by molar-refractivity contribution is 5.76. The lowest BCUT2D eigenvalue weighted by molar-refractivity contribution is -0.121. The maximum Gasteiger partial charge on any atom is 0.220 e. The lowest BCUT2D eigenvalue weighted by atomic mass is 9.89. The zero-order valence-corrected chi connectivity index (χ0v) is 9.31. The van der Waals surface area contributed by atoms with Crippen molar-refractivity contribution in [3.63, 3.8) is 0 Å². The van der Waals surface area contributed by atoms with E-state index >= 15 is 0 Å². The first-order chi connectivity index (χ1) is 6.53. The van der Waals surface area contributed by atoms with E-state index in [1.807, 2.05) is 0 Å². The molecule has 0 aliphatic heterocycles. The molecule has 1 aliphatic carbocycles. The molecule has 1 rings (SSSR count). The first kappa shape index (κ1) is 11.5. The Kier molecular flexibility index (Phi) is 3.93. The van der Waals surface area contributed by atoms with Gasteiger partial charge in [-0.1, -0.05) is 13.8 Å². The summed E-state index contributed by atoms with van der Waals surface area (Å²) in [5.74, 6) is 0.880. The number of carbonyl (C=O) groups excluding carboxylic acids is 1. The van der Waals surface area contributed by atoms with E-state index < -0.39 is 0 Å². The fraction of sp³-hybridized carbons (Fsp3) is 0.909. The largest absolute Gasteiger partial charge is 0.356 e. The van der Waals surface area contributed by atoms with Gasteiger partial charge in [0.25, 0.3) is 0 Å². The molecule has 3 N–H and O–H groups in total. The zero-order chi connectivity index (χ0) is 10.6. The molecule has 0 atom stereocenters. The quantitative estimate of drug-likeness (QED) is 0.675. The van der Waals surface area contributed by atoms with Gasteiger partial charge in [-0.3, -0.25) is 4.79 Å². The van der Waals surface area contributed by atoms with Gasteiger partial charge in [0, 0.05) is 13.0 Å². The van der Waals surface area contributed by atoms with Gasteiger partial charge in [-0.25, -0.2) is 0 Å². The van der Waals surface area contributed by atoms with Crippen LogP contribution in [0, 0.1) is 11.3 Å². The van der Waals surface area contributed by atoms with Gasteiger partial charge in [0.2, 0.25) is 5.91 Å². The SMILES string of the molecule is CC(C)(CCN)CNC(=O)CC1CC1. The second-order valence-electron chi connectivity index (χ2n) is 5.13. The van der Waals surface area contributed by atoms with Crippen molar-refractivity contribution in [2.75, 3.05) is 13.1 Å². The van der Waals surface area contributed by atoms with Crippen molar-refractivity contribution >= 4 is 5.91 Å². The van der Waals surface area contributed by atoms with E-state index in [4.69, 9.17) is 5.73 Å². The van der Waals surface area contributed by atoms with Crippen molar-refractivity contribution < 1.29 is 4.79 Å². The molecule has 14 heavy (non-hydrogen) atoms. The van der Waals surface area contributed by atoms with Crippen molar-refractivity contribution in [1.29, 1.82) is 0 Å². The van der Waals surface area contributed by atoms with E-state index in [9.17, 15) is 4.79 Å². The number of nitrogens with one attached hydrogen (secondary N) is 1. The topological polar surface area (TPSA) is 55.1 Å². The van der Waals surface area contributed by atoms with Crippen molar-refractivity contribution in [2.45, 2.75) is 39.5 Å². The maximum absolute atomic E-state index is 11.4. The van der Waals surface area contributed by atoms with Gasteiger partial charge in [-0.2, -0.15) is 0 Å². The Balaban J connectivity index is 2.13. The van der Waals surface area contributed by atoms with Crippen LogP contribution in [0.4, 0.5) is 0 Å². The van der Waals surface area contributed by atoms with Gasteiger partial charge in [-0.05, 0) is 37.1 Å². The summed E-state index contributed by atoms with van der Waals surface area (Å²) in [6.07, 6.45) is 4.15. The molecule has 0 aromatic rings. The second kappa shape index (κ2) is 4.78. The fourth-order valence-electron chi connectivity index (χ4n) is 1.47. The van der Waals surface area contributed by atoms with Gasteiger partial charge in [0.1, 0.15) is 0 Å². The molecule has 0 heterocycles. The van der Waals surface area contributed by atoms with E-state index in [1.165, 1.54) is 12.8 Å². The maximum atomic E-state index is 11.4. The van der Waals surface area contributed by atoms with Gasteiger partial charge in [-0.15, -0.1) is 0 Å².